The van der Waals surface area contributed by atoms with E-state index in [-0.39, 0.29) is 0 Å². The van der Waals surface area contributed by atoms with E-state index in [0.717, 1.165) is 5.56 Å². The van der Waals surface area contributed by atoms with Gasteiger partial charge in [0.1, 0.15) is 6.67 Å². The second-order valence-corrected chi connectivity index (χ2v) is 1.97. The van der Waals surface area contributed by atoms with E-state index in [0.29, 0.717) is 0 Å². The maximum atomic E-state index is 11.6. The van der Waals surface area contributed by atoms with Gasteiger partial charge in [0.05, 0.1) is 0 Å². The summed E-state index contributed by atoms with van der Waals surface area (Å²) in [6, 6.07) is 9.67. The van der Waals surface area contributed by atoms with Crippen molar-refractivity contribution in [3.63, 3.8) is 0 Å². The van der Waals surface area contributed by atoms with Gasteiger partial charge in [0.2, 0.25) is 0 Å². The fourth-order valence-corrected chi connectivity index (χ4v) is 0.745. The van der Waals surface area contributed by atoms with Crippen molar-refractivity contribution in [1.82, 2.24) is 0 Å². The molecule has 0 aliphatic rings. The van der Waals surface area contributed by atoms with Crippen LogP contribution in [0.5, 0.6) is 0 Å². The smallest absolute Gasteiger partial charge is 0.108 e. The van der Waals surface area contributed by atoms with Gasteiger partial charge in [-0.1, -0.05) is 42.5 Å². The second kappa shape index (κ2) is 3.83. The van der Waals surface area contributed by atoms with Gasteiger partial charge >= 0.3 is 0 Å². The Morgan fingerprint density at radius 1 is 1.20 bits per heavy atom. The average Bonchev–Trinajstić information content (AvgIpc) is 2.03. The van der Waals surface area contributed by atoms with Gasteiger partial charge in [-0.25, -0.2) is 4.39 Å². The Kier molecular flexibility index (Phi) is 2.68. The molecule has 0 radical (unpaired) electrons. The third-order valence-corrected chi connectivity index (χ3v) is 1.20. The molecule has 1 rings (SSSR count). The molecule has 0 fully saturated rings. The van der Waals surface area contributed by atoms with E-state index in [1.165, 1.54) is 6.08 Å². The van der Waals surface area contributed by atoms with Crippen molar-refractivity contribution in [2.75, 3.05) is 6.67 Å². The molecule has 0 bridgehead atoms. The third kappa shape index (κ3) is 2.02. The van der Waals surface area contributed by atoms with Crippen LogP contribution in [0.1, 0.15) is 5.56 Å². The van der Waals surface area contributed by atoms with Gasteiger partial charge in [-0.05, 0) is 5.56 Å². The molecule has 52 valence electrons. The number of allylic oxidation sites excluding steroid dienone is 1. The van der Waals surface area contributed by atoms with Crippen LogP contribution in [0, 0.1) is 0 Å². The van der Waals surface area contributed by atoms with Gasteiger partial charge in [-0.15, -0.1) is 0 Å². The van der Waals surface area contributed by atoms with Crippen LogP contribution in [0.3, 0.4) is 0 Å². The van der Waals surface area contributed by atoms with Crippen LogP contribution in [0.25, 0.3) is 6.08 Å². The minimum atomic E-state index is -0.394. The van der Waals surface area contributed by atoms with Gasteiger partial charge in [0.15, 0.2) is 0 Å². The molecule has 0 nitrogen and oxygen atoms in total. The minimum Gasteiger partial charge on any atom is -0.247 e. The predicted molar refractivity (Wildman–Crippen MR) is 41.5 cm³/mol. The molecule has 0 N–H and O–H groups in total. The normalized spacial score (nSPS) is 10.5. The molecule has 1 aromatic rings. The summed E-state index contributed by atoms with van der Waals surface area (Å²) in [5, 5.41) is 0. The van der Waals surface area contributed by atoms with Gasteiger partial charge in [-0.3, -0.25) is 0 Å². The first-order valence-electron chi connectivity index (χ1n) is 3.21. The van der Waals surface area contributed by atoms with Gasteiger partial charge < -0.3 is 0 Å². The molecular formula is C9H9F. The lowest BCUT2D eigenvalue weighted by Crippen LogP contribution is -1.68. The molecule has 0 amide bonds. The Morgan fingerprint density at radius 3 is 2.50 bits per heavy atom. The Labute approximate surface area is 60.0 Å². The topological polar surface area (TPSA) is 0 Å². The van der Waals surface area contributed by atoms with E-state index < -0.39 is 6.67 Å². The van der Waals surface area contributed by atoms with E-state index in [4.69, 9.17) is 0 Å². The zero-order chi connectivity index (χ0) is 7.23. The molecule has 0 spiro atoms. The van der Waals surface area contributed by atoms with Crippen molar-refractivity contribution < 1.29 is 4.39 Å². The van der Waals surface area contributed by atoms with E-state index in [9.17, 15) is 4.39 Å². The molecule has 0 saturated carbocycles. The van der Waals surface area contributed by atoms with E-state index in [1.54, 1.807) is 6.08 Å². The van der Waals surface area contributed by atoms with E-state index >= 15 is 0 Å². The molecule has 0 aromatic heterocycles. The second-order valence-electron chi connectivity index (χ2n) is 1.97. The minimum absolute atomic E-state index is 0.394. The Morgan fingerprint density at radius 2 is 1.90 bits per heavy atom. The van der Waals surface area contributed by atoms with Gasteiger partial charge in [0, 0.05) is 0 Å². The van der Waals surface area contributed by atoms with Crippen LogP contribution in [-0.2, 0) is 0 Å². The summed E-state index contributed by atoms with van der Waals surface area (Å²) in [6.45, 7) is -0.394. The number of alkyl halides is 1. The molecular weight excluding hydrogens is 127 g/mol. The number of benzene rings is 1. The van der Waals surface area contributed by atoms with Crippen molar-refractivity contribution in [3.05, 3.63) is 42.0 Å². The largest absolute Gasteiger partial charge is 0.247 e. The first kappa shape index (κ1) is 7.00. The lowest BCUT2D eigenvalue weighted by atomic mass is 10.2. The van der Waals surface area contributed by atoms with Crippen molar-refractivity contribution in [1.29, 1.82) is 0 Å². The lowest BCUT2D eigenvalue weighted by Gasteiger charge is -1.87. The number of hydrogen-bond donors (Lipinski definition) is 0. The van der Waals surface area contributed by atoms with Crippen molar-refractivity contribution in [2.24, 2.45) is 0 Å². The summed E-state index contributed by atoms with van der Waals surface area (Å²) in [4.78, 5) is 0. The van der Waals surface area contributed by atoms with Crippen molar-refractivity contribution >= 4 is 6.08 Å². The van der Waals surface area contributed by atoms with Crippen molar-refractivity contribution in [3.8, 4) is 0 Å². The summed E-state index contributed by atoms with van der Waals surface area (Å²) in [6.07, 6.45) is 3.26. The van der Waals surface area contributed by atoms with Gasteiger partial charge in [0.25, 0.3) is 0 Å². The Hall–Kier alpha value is -1.11. The molecule has 0 atom stereocenters. The maximum absolute atomic E-state index is 11.6. The SMILES string of the molecule is FC/C=C/c1ccccc1. The number of halogens is 1. The summed E-state index contributed by atoms with van der Waals surface area (Å²) in [5.41, 5.74) is 1.04. The first-order chi connectivity index (χ1) is 4.93. The zero-order valence-corrected chi connectivity index (χ0v) is 5.63. The lowest BCUT2D eigenvalue weighted by molar-refractivity contribution is 0.563. The Balaban J connectivity index is 2.67. The molecule has 10 heavy (non-hydrogen) atoms. The third-order valence-electron chi connectivity index (χ3n) is 1.20. The van der Waals surface area contributed by atoms with E-state index in [1.807, 2.05) is 30.3 Å². The van der Waals surface area contributed by atoms with Crippen LogP contribution >= 0.6 is 0 Å². The standard InChI is InChI=1S/C9H9F/c10-8-4-7-9-5-2-1-3-6-9/h1-7H,8H2/b7-4+. The monoisotopic (exact) mass is 136 g/mol. The quantitative estimate of drug-likeness (QED) is 0.586. The molecule has 1 heteroatoms. The van der Waals surface area contributed by atoms with Crippen LogP contribution in [0.2, 0.25) is 0 Å². The predicted octanol–water partition coefficient (Wildman–Crippen LogP) is 2.67. The molecule has 0 unspecified atom stereocenters. The maximum Gasteiger partial charge on any atom is 0.108 e. The summed E-state index contributed by atoms with van der Waals surface area (Å²) in [7, 11) is 0. The molecule has 0 aliphatic carbocycles. The number of rotatable bonds is 2. The average molecular weight is 136 g/mol. The summed E-state index contributed by atoms with van der Waals surface area (Å²) in [5.74, 6) is 0. The summed E-state index contributed by atoms with van der Waals surface area (Å²) < 4.78 is 11.6. The molecule has 0 saturated heterocycles. The van der Waals surface area contributed by atoms with Crippen LogP contribution in [-0.4, -0.2) is 6.67 Å². The fraction of sp³-hybridized carbons (Fsp3) is 0.111. The summed E-state index contributed by atoms with van der Waals surface area (Å²) >= 11 is 0. The Bertz CT molecular complexity index is 201. The van der Waals surface area contributed by atoms with Crippen LogP contribution in [0.15, 0.2) is 36.4 Å². The highest BCUT2D eigenvalue weighted by Crippen LogP contribution is 1.99. The van der Waals surface area contributed by atoms with Crippen LogP contribution < -0.4 is 0 Å². The molecule has 0 aliphatic heterocycles. The van der Waals surface area contributed by atoms with E-state index in [2.05, 4.69) is 0 Å². The highest BCUT2D eigenvalue weighted by Gasteiger charge is 1.79. The highest BCUT2D eigenvalue weighted by atomic mass is 19.1. The molecule has 0 heterocycles. The number of hydrogen-bond acceptors (Lipinski definition) is 0. The fourth-order valence-electron chi connectivity index (χ4n) is 0.745. The highest BCUT2D eigenvalue weighted by molar-refractivity contribution is 5.48. The van der Waals surface area contributed by atoms with Gasteiger partial charge in [-0.2, -0.15) is 0 Å². The first-order valence-corrected chi connectivity index (χ1v) is 3.21. The zero-order valence-electron chi connectivity index (χ0n) is 5.63. The van der Waals surface area contributed by atoms with Crippen molar-refractivity contribution in [2.45, 2.75) is 0 Å². The van der Waals surface area contributed by atoms with Crippen LogP contribution in [0.4, 0.5) is 4.39 Å². The molecule has 1 aromatic carbocycles.